The zero-order valence-corrected chi connectivity index (χ0v) is 17.2. The summed E-state index contributed by atoms with van der Waals surface area (Å²) in [7, 11) is 0. The van der Waals surface area contributed by atoms with E-state index < -0.39 is 0 Å². The Hall–Kier alpha value is -2.60. The average Bonchev–Trinajstić information content (AvgIpc) is 2.60. The number of nitriles is 1. The van der Waals surface area contributed by atoms with Crippen molar-refractivity contribution in [2.24, 2.45) is 10.8 Å². The third kappa shape index (κ3) is 4.81. The quantitative estimate of drug-likeness (QED) is 0.589. The first-order chi connectivity index (χ1) is 13.2. The highest BCUT2D eigenvalue weighted by Gasteiger charge is 2.37. The molecule has 2 aromatic rings. The zero-order chi connectivity index (χ0) is 20.4. The minimum Gasteiger partial charge on any atom is -0.479 e. The largest absolute Gasteiger partial charge is 0.479 e. The molecule has 2 aromatic carbocycles. The van der Waals surface area contributed by atoms with E-state index in [1.807, 2.05) is 42.5 Å². The van der Waals surface area contributed by atoms with Crippen LogP contribution in [0.15, 0.2) is 54.1 Å². The summed E-state index contributed by atoms with van der Waals surface area (Å²) in [6.07, 6.45) is 3.23. The number of ether oxygens (including phenoxy) is 1. The molecule has 1 aliphatic rings. The maximum Gasteiger partial charge on any atom is 0.174 e. The van der Waals surface area contributed by atoms with Gasteiger partial charge in [-0.25, -0.2) is 4.39 Å². The first-order valence-corrected chi connectivity index (χ1v) is 9.77. The summed E-state index contributed by atoms with van der Waals surface area (Å²) in [5.41, 5.74) is 5.18. The lowest BCUT2D eigenvalue weighted by Crippen LogP contribution is -2.30. The molecule has 0 spiro atoms. The summed E-state index contributed by atoms with van der Waals surface area (Å²) in [6.45, 7) is 9.35. The second kappa shape index (κ2) is 7.80. The van der Waals surface area contributed by atoms with Crippen LogP contribution in [0.4, 0.5) is 4.39 Å². The van der Waals surface area contributed by atoms with Crippen molar-refractivity contribution in [1.82, 2.24) is 0 Å². The first kappa shape index (κ1) is 20.1. The predicted molar refractivity (Wildman–Crippen MR) is 111 cm³/mol. The Labute approximate surface area is 167 Å². The van der Waals surface area contributed by atoms with E-state index in [0.717, 1.165) is 24.0 Å². The van der Waals surface area contributed by atoms with Crippen molar-refractivity contribution in [3.05, 3.63) is 71.0 Å². The highest BCUT2D eigenvalue weighted by atomic mass is 19.1. The topological polar surface area (TPSA) is 33.0 Å². The maximum atomic E-state index is 13.6. The van der Waals surface area contributed by atoms with E-state index >= 15 is 0 Å². The van der Waals surface area contributed by atoms with Gasteiger partial charge >= 0.3 is 0 Å². The van der Waals surface area contributed by atoms with Crippen LogP contribution in [0, 0.1) is 28.0 Å². The number of nitrogens with zero attached hydrogens (tertiary/aromatic N) is 1. The number of hydrogen-bond donors (Lipinski definition) is 0. The van der Waals surface area contributed by atoms with E-state index in [2.05, 4.69) is 27.7 Å². The predicted octanol–water partition coefficient (Wildman–Crippen LogP) is 6.77. The van der Waals surface area contributed by atoms with Crippen LogP contribution >= 0.6 is 0 Å². The molecular formula is C25H28FNO. The van der Waals surface area contributed by atoms with Gasteiger partial charge in [-0.2, -0.15) is 5.26 Å². The van der Waals surface area contributed by atoms with Crippen molar-refractivity contribution < 1.29 is 9.13 Å². The molecule has 0 amide bonds. The molecule has 3 rings (SSSR count). The second-order valence-corrected chi connectivity index (χ2v) is 9.32. The third-order valence-corrected chi connectivity index (χ3v) is 5.27. The van der Waals surface area contributed by atoms with Gasteiger partial charge < -0.3 is 4.74 Å². The summed E-state index contributed by atoms with van der Waals surface area (Å²) < 4.78 is 18.9. The first-order valence-electron chi connectivity index (χ1n) is 9.77. The van der Waals surface area contributed by atoms with Gasteiger partial charge in [0.25, 0.3) is 0 Å². The van der Waals surface area contributed by atoms with E-state index in [-0.39, 0.29) is 23.3 Å². The number of halogens is 1. The van der Waals surface area contributed by atoms with Crippen molar-refractivity contribution in [3.63, 3.8) is 0 Å². The number of allylic oxidation sites excluding steroid dienone is 1. The summed E-state index contributed by atoms with van der Waals surface area (Å²) in [4.78, 5) is 0. The third-order valence-electron chi connectivity index (χ3n) is 5.27. The monoisotopic (exact) mass is 377 g/mol. The van der Waals surface area contributed by atoms with E-state index in [1.165, 1.54) is 29.7 Å². The smallest absolute Gasteiger partial charge is 0.174 e. The van der Waals surface area contributed by atoms with Crippen molar-refractivity contribution >= 4 is 5.57 Å². The molecule has 28 heavy (non-hydrogen) atoms. The Balaban J connectivity index is 2.10. The van der Waals surface area contributed by atoms with Gasteiger partial charge in [-0.3, -0.25) is 0 Å². The van der Waals surface area contributed by atoms with Crippen molar-refractivity contribution in [1.29, 1.82) is 5.26 Å². The molecule has 3 heteroatoms. The van der Waals surface area contributed by atoms with Gasteiger partial charge in [-0.05, 0) is 71.1 Å². The van der Waals surface area contributed by atoms with E-state index in [1.54, 1.807) is 0 Å². The number of rotatable bonds is 4. The van der Waals surface area contributed by atoms with Crippen LogP contribution < -0.4 is 4.74 Å². The maximum absolute atomic E-state index is 13.6. The van der Waals surface area contributed by atoms with Gasteiger partial charge in [0.1, 0.15) is 17.6 Å². The lowest BCUT2D eigenvalue weighted by Gasteiger charge is -2.43. The minimum absolute atomic E-state index is 0.0354. The molecule has 0 unspecified atom stereocenters. The summed E-state index contributed by atoms with van der Waals surface area (Å²) in [5, 5.41) is 8.70. The van der Waals surface area contributed by atoms with Crippen LogP contribution in [0.2, 0.25) is 0 Å². The highest BCUT2D eigenvalue weighted by Crippen LogP contribution is 2.50. The van der Waals surface area contributed by atoms with Gasteiger partial charge in [-0.1, -0.05) is 57.5 Å². The fourth-order valence-corrected chi connectivity index (χ4v) is 4.84. The standard InChI is InChI=1S/C25H28FNO/c1-24(2)15-20(16-25(3,4)17-24)23(18-5-9-21(26)10-6-18)19-7-11-22(12-8-19)28-14-13-27/h5-12H,14-17H2,1-4H3. The Kier molecular flexibility index (Phi) is 5.61. The lowest BCUT2D eigenvalue weighted by molar-refractivity contribution is 0.154. The number of benzene rings is 2. The van der Waals surface area contributed by atoms with Crippen molar-refractivity contribution in [2.45, 2.75) is 47.0 Å². The highest BCUT2D eigenvalue weighted by molar-refractivity contribution is 5.82. The molecule has 0 heterocycles. The van der Waals surface area contributed by atoms with Crippen LogP contribution in [0.3, 0.4) is 0 Å². The van der Waals surface area contributed by atoms with Crippen LogP contribution in [0.5, 0.6) is 5.75 Å². The Bertz CT molecular complexity index is 881. The van der Waals surface area contributed by atoms with Crippen molar-refractivity contribution in [3.8, 4) is 11.8 Å². The lowest BCUT2D eigenvalue weighted by atomic mass is 9.62. The molecule has 146 valence electrons. The normalized spacial score (nSPS) is 17.6. The SMILES string of the molecule is CC1(C)CC(=C(c2ccc(F)cc2)c2ccc(OCC#N)cc2)CC(C)(C)C1. The molecule has 1 saturated carbocycles. The molecule has 1 aliphatic carbocycles. The van der Waals surface area contributed by atoms with Crippen LogP contribution in [-0.2, 0) is 0 Å². The summed E-state index contributed by atoms with van der Waals surface area (Å²) >= 11 is 0. The van der Waals surface area contributed by atoms with Gasteiger partial charge in [-0.15, -0.1) is 0 Å². The van der Waals surface area contributed by atoms with Crippen LogP contribution in [0.25, 0.3) is 5.57 Å². The molecule has 0 saturated heterocycles. The molecule has 1 fully saturated rings. The second-order valence-electron chi connectivity index (χ2n) is 9.32. The molecule has 0 aliphatic heterocycles. The molecule has 0 radical (unpaired) electrons. The van der Waals surface area contributed by atoms with Gasteiger partial charge in [0, 0.05) is 0 Å². The molecule has 0 atom stereocenters. The van der Waals surface area contributed by atoms with E-state index in [0.29, 0.717) is 5.75 Å². The molecule has 0 aromatic heterocycles. The molecule has 0 N–H and O–H groups in total. The zero-order valence-electron chi connectivity index (χ0n) is 17.2. The molecule has 0 bridgehead atoms. The van der Waals surface area contributed by atoms with E-state index in [9.17, 15) is 4.39 Å². The van der Waals surface area contributed by atoms with Gasteiger partial charge in [0.15, 0.2) is 6.61 Å². The van der Waals surface area contributed by atoms with Gasteiger partial charge in [0.05, 0.1) is 0 Å². The molecule has 2 nitrogen and oxygen atoms in total. The van der Waals surface area contributed by atoms with E-state index in [4.69, 9.17) is 10.00 Å². The van der Waals surface area contributed by atoms with Crippen LogP contribution in [-0.4, -0.2) is 6.61 Å². The molecular weight excluding hydrogens is 349 g/mol. The van der Waals surface area contributed by atoms with Crippen molar-refractivity contribution in [2.75, 3.05) is 6.61 Å². The Morgan fingerprint density at radius 1 is 0.929 bits per heavy atom. The summed E-state index contributed by atoms with van der Waals surface area (Å²) in [5.74, 6) is 0.454. The fraction of sp³-hybridized carbons (Fsp3) is 0.400. The Morgan fingerprint density at radius 2 is 1.43 bits per heavy atom. The van der Waals surface area contributed by atoms with Crippen LogP contribution in [0.1, 0.15) is 58.1 Å². The summed E-state index contributed by atoms with van der Waals surface area (Å²) in [6, 6.07) is 16.6. The minimum atomic E-state index is -0.224. The average molecular weight is 378 g/mol. The Morgan fingerprint density at radius 3 is 1.93 bits per heavy atom. The number of hydrogen-bond acceptors (Lipinski definition) is 2. The van der Waals surface area contributed by atoms with Gasteiger partial charge in [0.2, 0.25) is 0 Å². The fourth-order valence-electron chi connectivity index (χ4n) is 4.84.